The van der Waals surface area contributed by atoms with E-state index in [1.165, 1.54) is 30.5 Å². The van der Waals surface area contributed by atoms with Crippen LogP contribution in [0.1, 0.15) is 70.4 Å². The van der Waals surface area contributed by atoms with Crippen LogP contribution in [0.25, 0.3) is 33.4 Å². The summed E-state index contributed by atoms with van der Waals surface area (Å²) in [5, 5.41) is 20.6. The number of ketones is 3. The molecule has 2 N–H and O–H groups in total. The number of halogens is 7. The van der Waals surface area contributed by atoms with Crippen LogP contribution in [-0.2, 0) is 63.6 Å². The highest BCUT2D eigenvalue weighted by Crippen LogP contribution is 2.33. The Kier molecular flexibility index (Phi) is 27.7. The second kappa shape index (κ2) is 34.1. The molecule has 0 radical (unpaired) electrons. The van der Waals surface area contributed by atoms with Crippen LogP contribution in [0.5, 0.6) is 11.5 Å². The number of benzene rings is 6. The van der Waals surface area contributed by atoms with E-state index in [9.17, 15) is 48.1 Å². The molecule has 3 aromatic heterocycles. The SMILES string of the molecule is Cc1cc(C(=O)CS(C)(=O)=O)ccc1-c1cnc(CO)c(Cl)c1.Cc1cc(C(=O)CS(C)(=O)=O)ccc1-c1cnc(COc2ccc(Cl)c(Cl)c2)c(Cl)c1.Cc1ccc(S(=O)(=O)OCc2ncc(-c3ccc(C(=O)CS(C)(=O)=O)cc3C)cc2Cl)cc1.Oc1ccc(Cl)c(Cl)c1. The average molecular weight is 1520 g/mol. The second-order valence-corrected chi connectivity index (χ2v) is 32.6. The predicted molar refractivity (Wildman–Crippen MR) is 378 cm³/mol. The summed E-state index contributed by atoms with van der Waals surface area (Å²) in [5.74, 6) is -2.27. The topological polar surface area (TPSA) is 285 Å². The molecule has 0 unspecified atom stereocenters. The molecule has 0 saturated carbocycles. The van der Waals surface area contributed by atoms with Gasteiger partial charge in [-0.1, -0.05) is 135 Å². The number of aryl methyl sites for hydroxylation is 4. The highest BCUT2D eigenvalue weighted by Gasteiger charge is 2.21. The Balaban J connectivity index is 0.000000216. The number of hydrogen-bond acceptors (Lipinski definition) is 18. The summed E-state index contributed by atoms with van der Waals surface area (Å²) in [6, 6.07) is 35.6. The number of hydrogen-bond donors (Lipinski definition) is 2. The van der Waals surface area contributed by atoms with Gasteiger partial charge >= 0.3 is 0 Å². The van der Waals surface area contributed by atoms with Crippen LogP contribution >= 0.6 is 81.2 Å². The molecule has 18 nitrogen and oxygen atoms in total. The molecule has 0 aliphatic carbocycles. The van der Waals surface area contributed by atoms with E-state index >= 15 is 0 Å². The zero-order valence-electron chi connectivity index (χ0n) is 52.0. The number of phenols is 1. The fourth-order valence-electron chi connectivity index (χ4n) is 8.73. The van der Waals surface area contributed by atoms with Crippen molar-refractivity contribution < 1.29 is 67.2 Å². The Morgan fingerprint density at radius 2 is 0.781 bits per heavy atom. The van der Waals surface area contributed by atoms with Crippen molar-refractivity contribution in [1.82, 2.24) is 15.0 Å². The molecule has 0 aliphatic heterocycles. The molecule has 0 spiro atoms. The number of carbonyl (C=O) groups excluding carboxylic acids is 3. The fourth-order valence-corrected chi connectivity index (χ4v) is 12.8. The van der Waals surface area contributed by atoms with E-state index in [1.54, 1.807) is 129 Å². The van der Waals surface area contributed by atoms with Crippen molar-refractivity contribution in [3.8, 4) is 44.9 Å². The number of rotatable bonds is 20. The van der Waals surface area contributed by atoms with Crippen molar-refractivity contribution in [3.63, 3.8) is 0 Å². The van der Waals surface area contributed by atoms with E-state index in [-0.39, 0.29) is 41.2 Å². The number of ether oxygens (including phenoxy) is 1. The number of aromatic hydroxyl groups is 1. The number of nitrogens with zero attached hydrogens (tertiary/aromatic N) is 3. The molecule has 0 fully saturated rings. The third-order valence-electron chi connectivity index (χ3n) is 13.5. The minimum atomic E-state index is -3.96. The maximum absolute atomic E-state index is 12.4. The van der Waals surface area contributed by atoms with Crippen molar-refractivity contribution in [2.75, 3.05) is 36.0 Å². The van der Waals surface area contributed by atoms with E-state index < -0.39 is 74.2 Å². The molecule has 0 aliphatic rings. The van der Waals surface area contributed by atoms with E-state index in [0.717, 1.165) is 68.8 Å². The van der Waals surface area contributed by atoms with Crippen molar-refractivity contribution >= 4 is 138 Å². The number of pyridine rings is 3. The van der Waals surface area contributed by atoms with Gasteiger partial charge in [0.1, 0.15) is 42.0 Å². The summed E-state index contributed by atoms with van der Waals surface area (Å²) in [6.07, 6.45) is 7.87. The Hall–Kier alpha value is -6.87. The number of phenolic OH excluding ortho intramolecular Hbond substituents is 1. The lowest BCUT2D eigenvalue weighted by Gasteiger charge is -2.11. The minimum absolute atomic E-state index is 0.0435. The lowest BCUT2D eigenvalue weighted by molar-refractivity contribution is 0.101. The Morgan fingerprint density at radius 1 is 0.417 bits per heavy atom. The van der Waals surface area contributed by atoms with Gasteiger partial charge in [-0.15, -0.1) is 0 Å². The first-order valence-electron chi connectivity index (χ1n) is 28.0. The zero-order valence-corrected chi connectivity index (χ0v) is 60.6. The summed E-state index contributed by atoms with van der Waals surface area (Å²) >= 11 is 41.7. The van der Waals surface area contributed by atoms with Gasteiger partial charge in [0.25, 0.3) is 10.1 Å². The molecule has 6 aromatic carbocycles. The summed E-state index contributed by atoms with van der Waals surface area (Å²) in [7, 11) is -14.1. The Labute approximate surface area is 592 Å². The van der Waals surface area contributed by atoms with Crippen molar-refractivity contribution in [3.05, 3.63) is 243 Å². The van der Waals surface area contributed by atoms with Gasteiger partial charge in [-0.3, -0.25) is 33.5 Å². The number of aliphatic hydroxyl groups excluding tert-OH is 1. The van der Waals surface area contributed by atoms with Crippen LogP contribution in [0, 0.1) is 27.7 Å². The van der Waals surface area contributed by atoms with Crippen molar-refractivity contribution in [2.24, 2.45) is 0 Å². The van der Waals surface area contributed by atoms with E-state index in [0.29, 0.717) is 69.5 Å². The summed E-state index contributed by atoms with van der Waals surface area (Å²) in [5.41, 5.74) is 10.1. The standard InChI is InChI=1S/C23H22ClNO6S2.C22H18Cl3NO4S.C16H16ClNO4S.C6H4Cl2O/c1-15-4-7-19(8-5-15)33(29,30)31-13-22-21(24)11-18(12-25-22)20-9-6-17(10-16(20)2)23(26)14-32(3,27)28;1-13-7-14(22(27)12-31(2,28)29)3-5-17(13)15-8-20(25)21(26-10-15)11-30-16-4-6-18(23)19(24)9-16;1-10-5-11(16(20)9-23(2,21)22)3-4-13(10)12-6-14(17)15(8-19)18-7-12;7-5-2-1-4(9)3-6(5)8/h4-12H,13-14H2,1-3H3;3-10H,11-12H2,1-2H3;3-7,19H,8-9H2,1-2H3;1-3,9H. The molecule has 29 heteroatoms. The minimum Gasteiger partial charge on any atom is -0.508 e. The molecule has 9 rings (SSSR count). The molecule has 506 valence electrons. The van der Waals surface area contributed by atoms with Crippen LogP contribution < -0.4 is 4.74 Å². The first kappa shape index (κ1) is 78.1. The summed E-state index contributed by atoms with van der Waals surface area (Å²) in [6.45, 7) is 6.87. The number of aromatic nitrogens is 3. The number of aliphatic hydroxyl groups is 1. The van der Waals surface area contributed by atoms with Gasteiger partial charge in [0.05, 0.1) is 63.7 Å². The average Bonchev–Trinajstić information content (AvgIpc) is 0.827. The third-order valence-corrected chi connectivity index (χ3v) is 19.6. The Morgan fingerprint density at radius 3 is 1.11 bits per heavy atom. The molecule has 9 aromatic rings. The largest absolute Gasteiger partial charge is 0.508 e. The van der Waals surface area contributed by atoms with Crippen LogP contribution in [0.15, 0.2) is 157 Å². The predicted octanol–water partition coefficient (Wildman–Crippen LogP) is 15.1. The smallest absolute Gasteiger partial charge is 0.297 e. The number of sulfone groups is 3. The van der Waals surface area contributed by atoms with E-state index in [4.69, 9.17) is 100 Å². The van der Waals surface area contributed by atoms with Crippen LogP contribution in [0.2, 0.25) is 35.2 Å². The second-order valence-electron chi connectivity index (χ2n) is 21.7. The van der Waals surface area contributed by atoms with Gasteiger partial charge in [0.15, 0.2) is 46.9 Å². The zero-order chi connectivity index (χ0) is 71.2. The van der Waals surface area contributed by atoms with Crippen LogP contribution in [0.4, 0.5) is 0 Å². The molecule has 0 amide bonds. The number of carbonyl (C=O) groups is 3. The number of Topliss-reactive ketones (excluding diaryl/α,β-unsaturated/α-hetero) is 3. The first-order valence-corrected chi connectivity index (χ1v) is 38.2. The fraction of sp³-hybridized carbons (Fsp3) is 0.194. The van der Waals surface area contributed by atoms with E-state index in [1.807, 2.05) is 20.8 Å². The maximum Gasteiger partial charge on any atom is 0.297 e. The monoisotopic (exact) mass is 1520 g/mol. The molecule has 0 atom stereocenters. The van der Waals surface area contributed by atoms with Gasteiger partial charge < -0.3 is 14.9 Å². The Bertz CT molecular complexity index is 4890. The van der Waals surface area contributed by atoms with Gasteiger partial charge in [0, 0.05) is 76.8 Å². The first-order chi connectivity index (χ1) is 44.8. The van der Waals surface area contributed by atoms with E-state index in [2.05, 4.69) is 15.0 Å². The quantitative estimate of drug-likeness (QED) is 0.0529. The van der Waals surface area contributed by atoms with Crippen molar-refractivity contribution in [2.45, 2.75) is 52.4 Å². The van der Waals surface area contributed by atoms with Gasteiger partial charge in [-0.25, -0.2) is 25.3 Å². The highest BCUT2D eigenvalue weighted by atomic mass is 35.5. The van der Waals surface area contributed by atoms with Gasteiger partial charge in [-0.2, -0.15) is 8.42 Å². The molecule has 96 heavy (non-hydrogen) atoms. The molecule has 0 bridgehead atoms. The van der Waals surface area contributed by atoms with Gasteiger partial charge in [-0.05, 0) is 140 Å². The summed E-state index contributed by atoms with van der Waals surface area (Å²) < 4.78 is 103. The molecular weight excluding hydrogens is 1460 g/mol. The highest BCUT2D eigenvalue weighted by molar-refractivity contribution is 7.92. The van der Waals surface area contributed by atoms with Crippen LogP contribution in [-0.4, -0.2) is 112 Å². The van der Waals surface area contributed by atoms with Crippen LogP contribution in [0.3, 0.4) is 0 Å². The lowest BCUT2D eigenvalue weighted by atomic mass is 9.98. The normalized spacial score (nSPS) is 11.4. The van der Waals surface area contributed by atoms with Crippen molar-refractivity contribution in [1.29, 1.82) is 0 Å². The third kappa shape index (κ3) is 23.7. The lowest BCUT2D eigenvalue weighted by Crippen LogP contribution is -2.14. The summed E-state index contributed by atoms with van der Waals surface area (Å²) in [4.78, 5) is 49.0. The molecule has 3 heterocycles. The maximum atomic E-state index is 12.4. The molecule has 0 saturated heterocycles. The van der Waals surface area contributed by atoms with Gasteiger partial charge in [0.2, 0.25) is 0 Å². The molecular formula is C67H60Cl7N3O15S4.